The molecule has 5 nitrogen and oxygen atoms in total. The number of carbonyl (C=O) groups is 2. The van der Waals surface area contributed by atoms with Gasteiger partial charge in [-0.25, -0.2) is 4.99 Å². The summed E-state index contributed by atoms with van der Waals surface area (Å²) in [7, 11) is 0. The molecule has 1 heterocycles. The Hall–Kier alpha value is -2.28. The fraction of sp³-hybridized carbons (Fsp3) is 0.150. The lowest BCUT2D eigenvalue weighted by Gasteiger charge is -2.13. The van der Waals surface area contributed by atoms with E-state index in [2.05, 4.69) is 16.9 Å². The van der Waals surface area contributed by atoms with Crippen molar-refractivity contribution in [2.24, 2.45) is 4.99 Å². The molecule has 1 atom stereocenters. The summed E-state index contributed by atoms with van der Waals surface area (Å²) in [6, 6.07) is 13.9. The Kier molecular flexibility index (Phi) is 6.78. The summed E-state index contributed by atoms with van der Waals surface area (Å²) in [5.41, 5.74) is 1.27. The molecule has 28 heavy (non-hydrogen) atoms. The Morgan fingerprint density at radius 2 is 1.96 bits per heavy atom. The van der Waals surface area contributed by atoms with Gasteiger partial charge in [-0.15, -0.1) is 6.58 Å². The molecule has 0 radical (unpaired) electrons. The fourth-order valence-electron chi connectivity index (χ4n) is 2.59. The van der Waals surface area contributed by atoms with Crippen LogP contribution in [-0.4, -0.2) is 33.7 Å². The van der Waals surface area contributed by atoms with Crippen molar-refractivity contribution in [1.82, 2.24) is 4.90 Å². The van der Waals surface area contributed by atoms with Crippen LogP contribution in [0.2, 0.25) is 10.0 Å². The Labute approximate surface area is 177 Å². The molecule has 0 bridgehead atoms. The topological polar surface area (TPSA) is 61.8 Å². The van der Waals surface area contributed by atoms with Gasteiger partial charge in [-0.2, -0.15) is 0 Å². The van der Waals surface area contributed by atoms with E-state index in [0.717, 1.165) is 0 Å². The molecule has 0 spiro atoms. The number of hydrogen-bond acceptors (Lipinski definition) is 4. The third kappa shape index (κ3) is 5.16. The van der Waals surface area contributed by atoms with Crippen LogP contribution in [-0.2, 0) is 9.59 Å². The number of halogens is 2. The monoisotopic (exact) mass is 433 g/mol. The Bertz CT molecular complexity index is 931. The van der Waals surface area contributed by atoms with Gasteiger partial charge in [-0.1, -0.05) is 47.1 Å². The van der Waals surface area contributed by atoms with E-state index in [0.29, 0.717) is 33.1 Å². The lowest BCUT2D eigenvalue weighted by molar-refractivity contribution is -0.127. The Morgan fingerprint density at radius 1 is 1.21 bits per heavy atom. The predicted molar refractivity (Wildman–Crippen MR) is 117 cm³/mol. The zero-order chi connectivity index (χ0) is 20.1. The second-order valence-corrected chi connectivity index (χ2v) is 8.02. The van der Waals surface area contributed by atoms with Gasteiger partial charge in [0.15, 0.2) is 5.17 Å². The molecule has 1 saturated heterocycles. The number of benzene rings is 2. The standard InChI is InChI=1S/C20H17Cl2N3O2S/c1-2-10-25-19(27)17(12-18(26)23-16-5-3-4-14(22)11-16)28-20(25)24-15-8-6-13(21)7-9-15/h2-9,11,17H,1,10,12H2,(H,23,26)/t17-/m1/s1. The second kappa shape index (κ2) is 9.28. The average Bonchev–Trinajstić information content (AvgIpc) is 2.93. The first-order valence-corrected chi connectivity index (χ1v) is 10.1. The summed E-state index contributed by atoms with van der Waals surface area (Å²) in [4.78, 5) is 31.2. The van der Waals surface area contributed by atoms with Gasteiger partial charge in [0.2, 0.25) is 11.8 Å². The van der Waals surface area contributed by atoms with Crippen molar-refractivity contribution in [2.45, 2.75) is 11.7 Å². The number of amides is 2. The smallest absolute Gasteiger partial charge is 0.242 e. The largest absolute Gasteiger partial charge is 0.326 e. The summed E-state index contributed by atoms with van der Waals surface area (Å²) >= 11 is 13.1. The van der Waals surface area contributed by atoms with Gasteiger partial charge in [0.25, 0.3) is 0 Å². The normalized spacial score (nSPS) is 17.8. The molecule has 2 aromatic rings. The van der Waals surface area contributed by atoms with Crippen LogP contribution in [0.5, 0.6) is 0 Å². The maximum atomic E-state index is 12.7. The van der Waals surface area contributed by atoms with Gasteiger partial charge < -0.3 is 5.32 Å². The molecule has 2 aromatic carbocycles. The van der Waals surface area contributed by atoms with Crippen molar-refractivity contribution in [2.75, 3.05) is 11.9 Å². The quantitative estimate of drug-likeness (QED) is 0.641. The van der Waals surface area contributed by atoms with Crippen molar-refractivity contribution in [3.8, 4) is 0 Å². The van der Waals surface area contributed by atoms with Crippen LogP contribution in [0.25, 0.3) is 0 Å². The zero-order valence-electron chi connectivity index (χ0n) is 14.8. The van der Waals surface area contributed by atoms with E-state index >= 15 is 0 Å². The molecule has 1 fully saturated rings. The van der Waals surface area contributed by atoms with E-state index in [1.165, 1.54) is 16.7 Å². The second-order valence-electron chi connectivity index (χ2n) is 5.98. The molecule has 8 heteroatoms. The minimum absolute atomic E-state index is 0.0310. The molecule has 3 rings (SSSR count). The number of nitrogens with one attached hydrogen (secondary N) is 1. The Balaban J connectivity index is 1.73. The number of anilines is 1. The number of amidine groups is 1. The van der Waals surface area contributed by atoms with E-state index in [9.17, 15) is 9.59 Å². The van der Waals surface area contributed by atoms with Crippen LogP contribution < -0.4 is 5.32 Å². The lowest BCUT2D eigenvalue weighted by atomic mass is 10.2. The van der Waals surface area contributed by atoms with E-state index in [-0.39, 0.29) is 18.2 Å². The van der Waals surface area contributed by atoms with Gasteiger partial charge in [0.1, 0.15) is 5.25 Å². The highest BCUT2D eigenvalue weighted by molar-refractivity contribution is 8.15. The number of aliphatic imine (C=N–C) groups is 1. The molecule has 1 N–H and O–H groups in total. The van der Waals surface area contributed by atoms with Crippen LogP contribution >= 0.6 is 35.0 Å². The summed E-state index contributed by atoms with van der Waals surface area (Å²) in [6.45, 7) is 4.02. The summed E-state index contributed by atoms with van der Waals surface area (Å²) in [5, 5.41) is 3.89. The van der Waals surface area contributed by atoms with Crippen molar-refractivity contribution in [3.05, 3.63) is 71.2 Å². The van der Waals surface area contributed by atoms with Crippen molar-refractivity contribution >= 4 is 63.3 Å². The first kappa shape index (κ1) is 20.5. The summed E-state index contributed by atoms with van der Waals surface area (Å²) in [5.74, 6) is -0.432. The maximum absolute atomic E-state index is 12.7. The molecular weight excluding hydrogens is 417 g/mol. The molecule has 0 saturated carbocycles. The van der Waals surface area contributed by atoms with E-state index in [1.807, 2.05) is 0 Å². The first-order chi connectivity index (χ1) is 13.5. The molecular formula is C20H17Cl2N3O2S. The molecule has 0 unspecified atom stereocenters. The highest BCUT2D eigenvalue weighted by Crippen LogP contribution is 2.32. The van der Waals surface area contributed by atoms with E-state index < -0.39 is 5.25 Å². The molecule has 1 aliphatic rings. The van der Waals surface area contributed by atoms with Gasteiger partial charge in [-0.05, 0) is 42.5 Å². The van der Waals surface area contributed by atoms with Crippen molar-refractivity contribution < 1.29 is 9.59 Å². The minimum Gasteiger partial charge on any atom is -0.326 e. The zero-order valence-corrected chi connectivity index (χ0v) is 17.1. The maximum Gasteiger partial charge on any atom is 0.242 e. The third-order valence-electron chi connectivity index (χ3n) is 3.86. The summed E-state index contributed by atoms with van der Waals surface area (Å²) < 4.78 is 0. The Morgan fingerprint density at radius 3 is 2.64 bits per heavy atom. The first-order valence-electron chi connectivity index (χ1n) is 8.45. The third-order valence-corrected chi connectivity index (χ3v) is 5.52. The van der Waals surface area contributed by atoms with Crippen LogP contribution in [0.3, 0.4) is 0 Å². The molecule has 1 aliphatic heterocycles. The predicted octanol–water partition coefficient (Wildman–Crippen LogP) is 5.14. The van der Waals surface area contributed by atoms with Crippen LogP contribution in [0.4, 0.5) is 11.4 Å². The number of hydrogen-bond donors (Lipinski definition) is 1. The van der Waals surface area contributed by atoms with Crippen LogP contribution in [0.1, 0.15) is 6.42 Å². The molecule has 2 amide bonds. The number of nitrogens with zero attached hydrogens (tertiary/aromatic N) is 2. The van der Waals surface area contributed by atoms with Gasteiger partial charge >= 0.3 is 0 Å². The minimum atomic E-state index is -0.551. The van der Waals surface area contributed by atoms with Gasteiger partial charge in [0.05, 0.1) is 5.69 Å². The summed E-state index contributed by atoms with van der Waals surface area (Å²) in [6.07, 6.45) is 1.66. The van der Waals surface area contributed by atoms with Gasteiger partial charge in [0, 0.05) is 28.7 Å². The van der Waals surface area contributed by atoms with E-state index in [4.69, 9.17) is 23.2 Å². The molecule has 0 aromatic heterocycles. The van der Waals surface area contributed by atoms with Gasteiger partial charge in [-0.3, -0.25) is 14.5 Å². The fourth-order valence-corrected chi connectivity index (χ4v) is 4.08. The lowest BCUT2D eigenvalue weighted by Crippen LogP contribution is -2.33. The number of rotatable bonds is 6. The molecule has 144 valence electrons. The number of carbonyl (C=O) groups excluding carboxylic acids is 2. The van der Waals surface area contributed by atoms with Crippen molar-refractivity contribution in [1.29, 1.82) is 0 Å². The highest BCUT2D eigenvalue weighted by atomic mass is 35.5. The van der Waals surface area contributed by atoms with Crippen LogP contribution in [0, 0.1) is 0 Å². The highest BCUT2D eigenvalue weighted by Gasteiger charge is 2.38. The number of thioether (sulfide) groups is 1. The van der Waals surface area contributed by atoms with E-state index in [1.54, 1.807) is 54.6 Å². The SMILES string of the molecule is C=CCN1C(=O)[C@@H](CC(=O)Nc2cccc(Cl)c2)SC1=Nc1ccc(Cl)cc1. The average molecular weight is 434 g/mol. The molecule has 0 aliphatic carbocycles. The van der Waals surface area contributed by atoms with Crippen molar-refractivity contribution in [3.63, 3.8) is 0 Å². The van der Waals surface area contributed by atoms with Crippen LogP contribution in [0.15, 0.2) is 66.2 Å².